The summed E-state index contributed by atoms with van der Waals surface area (Å²) >= 11 is 0. The number of aromatic hydroxyl groups is 1. The summed E-state index contributed by atoms with van der Waals surface area (Å²) in [5, 5.41) is 9.79. The molecule has 0 atom stereocenters. The molecule has 1 heterocycles. The van der Waals surface area contributed by atoms with Crippen LogP contribution in [0, 0.1) is 5.82 Å². The molecule has 0 saturated heterocycles. The summed E-state index contributed by atoms with van der Waals surface area (Å²) in [6.07, 6.45) is 0.683. The second-order valence-electron chi connectivity index (χ2n) is 4.79. The van der Waals surface area contributed by atoms with Crippen molar-refractivity contribution in [3.63, 3.8) is 0 Å². The number of carbonyl (C=O) groups is 1. The van der Waals surface area contributed by atoms with Gasteiger partial charge in [-0.2, -0.15) is 0 Å². The molecule has 3 rings (SSSR count). The van der Waals surface area contributed by atoms with Gasteiger partial charge in [-0.1, -0.05) is 12.1 Å². The van der Waals surface area contributed by atoms with Crippen LogP contribution in [0.4, 0.5) is 10.1 Å². The standard InChI is InChI=1S/C16H14FNO3/c17-11-6-7-12(14(19)10-11)16(20)18-8-3-9-21-15-5-2-1-4-13(15)18/h1-2,4-7,10,19H,3,8-9H2. The minimum absolute atomic E-state index is 0.0769. The Morgan fingerprint density at radius 3 is 2.86 bits per heavy atom. The molecule has 1 aliphatic rings. The third-order valence-corrected chi connectivity index (χ3v) is 3.38. The molecule has 0 fully saturated rings. The first-order chi connectivity index (χ1) is 10.2. The Morgan fingerprint density at radius 1 is 1.24 bits per heavy atom. The van der Waals surface area contributed by atoms with E-state index < -0.39 is 5.82 Å². The van der Waals surface area contributed by atoms with Crippen molar-refractivity contribution in [1.29, 1.82) is 0 Å². The third kappa shape index (κ3) is 2.54. The zero-order valence-corrected chi connectivity index (χ0v) is 11.3. The molecule has 4 nitrogen and oxygen atoms in total. The zero-order chi connectivity index (χ0) is 14.8. The van der Waals surface area contributed by atoms with E-state index in [1.165, 1.54) is 6.07 Å². The number of rotatable bonds is 1. The number of hydrogen-bond donors (Lipinski definition) is 1. The van der Waals surface area contributed by atoms with E-state index in [1.54, 1.807) is 17.0 Å². The average Bonchev–Trinajstić information content (AvgIpc) is 2.69. The van der Waals surface area contributed by atoms with Gasteiger partial charge in [0, 0.05) is 12.6 Å². The number of amides is 1. The van der Waals surface area contributed by atoms with Crippen LogP contribution in [0.2, 0.25) is 0 Å². The van der Waals surface area contributed by atoms with Gasteiger partial charge in [-0.05, 0) is 30.7 Å². The van der Waals surface area contributed by atoms with E-state index in [-0.39, 0.29) is 17.2 Å². The van der Waals surface area contributed by atoms with Gasteiger partial charge in [0.2, 0.25) is 0 Å². The van der Waals surface area contributed by atoms with Gasteiger partial charge in [0.1, 0.15) is 17.3 Å². The molecular weight excluding hydrogens is 273 g/mol. The molecule has 2 aromatic rings. The monoisotopic (exact) mass is 287 g/mol. The highest BCUT2D eigenvalue weighted by molar-refractivity contribution is 6.08. The molecule has 21 heavy (non-hydrogen) atoms. The molecule has 0 spiro atoms. The Hall–Kier alpha value is -2.56. The number of halogens is 1. The Morgan fingerprint density at radius 2 is 2.05 bits per heavy atom. The van der Waals surface area contributed by atoms with E-state index in [0.717, 1.165) is 12.1 Å². The SMILES string of the molecule is O=C(c1ccc(F)cc1O)N1CCCOc2ccccc21. The van der Waals surface area contributed by atoms with E-state index in [1.807, 2.05) is 12.1 Å². The van der Waals surface area contributed by atoms with Gasteiger partial charge in [0.25, 0.3) is 5.91 Å². The minimum atomic E-state index is -0.580. The van der Waals surface area contributed by atoms with Crippen molar-refractivity contribution < 1.29 is 19.0 Å². The van der Waals surface area contributed by atoms with Crippen molar-refractivity contribution in [3.05, 3.63) is 53.8 Å². The highest BCUT2D eigenvalue weighted by atomic mass is 19.1. The Bertz CT molecular complexity index is 687. The van der Waals surface area contributed by atoms with Crippen LogP contribution < -0.4 is 9.64 Å². The number of fused-ring (bicyclic) bond motifs is 1. The summed E-state index contributed by atoms with van der Waals surface area (Å²) in [5.41, 5.74) is 0.733. The van der Waals surface area contributed by atoms with Gasteiger partial charge in [-0.3, -0.25) is 4.79 Å². The van der Waals surface area contributed by atoms with E-state index in [4.69, 9.17) is 4.74 Å². The first-order valence-electron chi connectivity index (χ1n) is 6.69. The van der Waals surface area contributed by atoms with Crippen molar-refractivity contribution in [1.82, 2.24) is 0 Å². The predicted molar refractivity (Wildman–Crippen MR) is 76.3 cm³/mol. The van der Waals surface area contributed by atoms with Crippen LogP contribution in [0.15, 0.2) is 42.5 Å². The maximum atomic E-state index is 13.1. The fraction of sp³-hybridized carbons (Fsp3) is 0.188. The Balaban J connectivity index is 2.01. The number of para-hydroxylation sites is 2. The summed E-state index contributed by atoms with van der Waals surface area (Å²) in [4.78, 5) is 14.2. The van der Waals surface area contributed by atoms with Gasteiger partial charge in [0.15, 0.2) is 0 Å². The van der Waals surface area contributed by atoms with Gasteiger partial charge >= 0.3 is 0 Å². The van der Waals surface area contributed by atoms with Crippen LogP contribution in [-0.4, -0.2) is 24.2 Å². The second-order valence-corrected chi connectivity index (χ2v) is 4.79. The van der Waals surface area contributed by atoms with Crippen LogP contribution in [0.1, 0.15) is 16.8 Å². The predicted octanol–water partition coefficient (Wildman–Crippen LogP) is 2.96. The smallest absolute Gasteiger partial charge is 0.262 e. The molecule has 0 saturated carbocycles. The number of benzene rings is 2. The van der Waals surface area contributed by atoms with Crippen molar-refractivity contribution in [2.45, 2.75) is 6.42 Å². The number of nitrogens with zero attached hydrogens (tertiary/aromatic N) is 1. The number of ether oxygens (including phenoxy) is 1. The van der Waals surface area contributed by atoms with Crippen LogP contribution in [0.5, 0.6) is 11.5 Å². The fourth-order valence-electron chi connectivity index (χ4n) is 2.37. The molecule has 1 amide bonds. The average molecular weight is 287 g/mol. The summed E-state index contributed by atoms with van der Waals surface area (Å²) in [6.45, 7) is 1.00. The summed E-state index contributed by atoms with van der Waals surface area (Å²) < 4.78 is 18.6. The highest BCUT2D eigenvalue weighted by Crippen LogP contribution is 2.32. The normalized spacial score (nSPS) is 14.0. The van der Waals surface area contributed by atoms with Crippen LogP contribution in [0.3, 0.4) is 0 Å². The summed E-state index contributed by atoms with van der Waals surface area (Å²) in [6, 6.07) is 10.6. The van der Waals surface area contributed by atoms with E-state index in [9.17, 15) is 14.3 Å². The molecule has 0 aromatic heterocycles. The highest BCUT2D eigenvalue weighted by Gasteiger charge is 2.24. The number of phenols is 1. The molecule has 1 N–H and O–H groups in total. The Labute approximate surface area is 121 Å². The quantitative estimate of drug-likeness (QED) is 0.877. The first kappa shape index (κ1) is 13.4. The van der Waals surface area contributed by atoms with E-state index >= 15 is 0 Å². The van der Waals surface area contributed by atoms with E-state index in [0.29, 0.717) is 31.0 Å². The summed E-state index contributed by atoms with van der Waals surface area (Å²) in [5.74, 6) is -0.679. The van der Waals surface area contributed by atoms with Gasteiger partial charge < -0.3 is 14.7 Å². The largest absolute Gasteiger partial charge is 0.507 e. The molecule has 0 aliphatic carbocycles. The number of anilines is 1. The van der Waals surface area contributed by atoms with Crippen molar-refractivity contribution in [2.24, 2.45) is 0 Å². The molecule has 2 aromatic carbocycles. The number of carbonyl (C=O) groups excluding carboxylic acids is 1. The molecule has 1 aliphatic heterocycles. The van der Waals surface area contributed by atoms with Crippen LogP contribution >= 0.6 is 0 Å². The van der Waals surface area contributed by atoms with Crippen molar-refractivity contribution in [3.8, 4) is 11.5 Å². The lowest BCUT2D eigenvalue weighted by atomic mass is 10.1. The maximum Gasteiger partial charge on any atom is 0.262 e. The molecule has 0 unspecified atom stereocenters. The lowest BCUT2D eigenvalue weighted by Crippen LogP contribution is -2.31. The van der Waals surface area contributed by atoms with Crippen LogP contribution in [0.25, 0.3) is 0 Å². The van der Waals surface area contributed by atoms with E-state index in [2.05, 4.69) is 0 Å². The molecule has 0 bridgehead atoms. The van der Waals surface area contributed by atoms with Gasteiger partial charge in [-0.15, -0.1) is 0 Å². The third-order valence-electron chi connectivity index (χ3n) is 3.38. The molecule has 0 radical (unpaired) electrons. The molecule has 5 heteroatoms. The fourth-order valence-corrected chi connectivity index (χ4v) is 2.37. The zero-order valence-electron chi connectivity index (χ0n) is 11.3. The maximum absolute atomic E-state index is 13.1. The number of hydrogen-bond acceptors (Lipinski definition) is 3. The molecule has 108 valence electrons. The van der Waals surface area contributed by atoms with Crippen LogP contribution in [-0.2, 0) is 0 Å². The summed E-state index contributed by atoms with van der Waals surface area (Å²) in [7, 11) is 0. The van der Waals surface area contributed by atoms with Gasteiger partial charge in [-0.25, -0.2) is 4.39 Å². The lowest BCUT2D eigenvalue weighted by molar-refractivity contribution is 0.0984. The minimum Gasteiger partial charge on any atom is -0.507 e. The topological polar surface area (TPSA) is 49.8 Å². The first-order valence-corrected chi connectivity index (χ1v) is 6.69. The van der Waals surface area contributed by atoms with Crippen molar-refractivity contribution >= 4 is 11.6 Å². The second kappa shape index (κ2) is 5.44. The lowest BCUT2D eigenvalue weighted by Gasteiger charge is -2.22. The van der Waals surface area contributed by atoms with Crippen molar-refractivity contribution in [2.75, 3.05) is 18.1 Å². The number of phenolic OH excluding ortho intramolecular Hbond substituents is 1. The molecular formula is C16H14FNO3. The van der Waals surface area contributed by atoms with Gasteiger partial charge in [0.05, 0.1) is 17.9 Å². The Kier molecular flexibility index (Phi) is 3.48.